The van der Waals surface area contributed by atoms with Crippen molar-refractivity contribution in [3.63, 3.8) is 0 Å². The van der Waals surface area contributed by atoms with Crippen molar-refractivity contribution < 1.29 is 14.3 Å². The molecule has 0 saturated carbocycles. The molecule has 2 amide bonds. The van der Waals surface area contributed by atoms with Gasteiger partial charge in [-0.3, -0.25) is 9.59 Å². The molecule has 1 aromatic carbocycles. The number of amides is 2. The van der Waals surface area contributed by atoms with Crippen molar-refractivity contribution in [2.45, 2.75) is 65.3 Å². The minimum atomic E-state index is -0.0915. The molecule has 3 rings (SSSR count). The van der Waals surface area contributed by atoms with E-state index in [2.05, 4.69) is 37.4 Å². The van der Waals surface area contributed by atoms with E-state index < -0.39 is 0 Å². The predicted octanol–water partition coefficient (Wildman–Crippen LogP) is 5.69. The SMILES string of the molecule is CCCC[C@H](CC)C(=O)N(CCCOCC)CC(=O)N1CCc2sccc2[C@@H]1c1ccccc1. The Bertz CT molecular complexity index is 898. The van der Waals surface area contributed by atoms with Crippen LogP contribution in [0.1, 0.15) is 74.9 Å². The van der Waals surface area contributed by atoms with Gasteiger partial charge in [0.2, 0.25) is 11.8 Å². The zero-order chi connectivity index (χ0) is 24.3. The molecule has 0 saturated heterocycles. The molecule has 0 N–H and O–H groups in total. The minimum Gasteiger partial charge on any atom is -0.382 e. The highest BCUT2D eigenvalue weighted by Gasteiger charge is 2.34. The number of carbonyl (C=O) groups is 2. The van der Waals surface area contributed by atoms with Crippen LogP contribution in [0, 0.1) is 5.92 Å². The number of rotatable bonds is 13. The summed E-state index contributed by atoms with van der Waals surface area (Å²) in [6, 6.07) is 12.3. The van der Waals surface area contributed by atoms with Gasteiger partial charge in [0.05, 0.1) is 12.6 Å². The number of thiophene rings is 1. The number of carbonyl (C=O) groups excluding carboxylic acids is 2. The van der Waals surface area contributed by atoms with Crippen molar-refractivity contribution in [2.24, 2.45) is 5.92 Å². The molecule has 1 aliphatic rings. The molecule has 186 valence electrons. The van der Waals surface area contributed by atoms with Crippen LogP contribution in [0.2, 0.25) is 0 Å². The summed E-state index contributed by atoms with van der Waals surface area (Å²) in [5.41, 5.74) is 2.35. The number of hydrogen-bond acceptors (Lipinski definition) is 4. The molecule has 2 atom stereocenters. The first kappa shape index (κ1) is 26.4. The van der Waals surface area contributed by atoms with Crippen molar-refractivity contribution in [2.75, 3.05) is 32.8 Å². The van der Waals surface area contributed by atoms with Crippen molar-refractivity contribution >= 4 is 23.2 Å². The van der Waals surface area contributed by atoms with Crippen LogP contribution in [0.15, 0.2) is 41.8 Å². The summed E-state index contributed by atoms with van der Waals surface area (Å²) < 4.78 is 5.51. The van der Waals surface area contributed by atoms with Crippen LogP contribution in [0.3, 0.4) is 0 Å². The third kappa shape index (κ3) is 6.70. The van der Waals surface area contributed by atoms with Gasteiger partial charge in [0.25, 0.3) is 0 Å². The standard InChI is InChI=1S/C28H40N2O3S/c1-4-7-12-22(5-2)28(32)29(17-11-19-33-6-3)21-26(31)30-18-15-25-24(16-20-34-25)27(30)23-13-9-8-10-14-23/h8-10,13-14,16,20,22,27H,4-7,11-12,15,17-19,21H2,1-3H3/t22-,27-/m0/s1. The van der Waals surface area contributed by atoms with Crippen LogP contribution >= 0.6 is 11.3 Å². The molecule has 34 heavy (non-hydrogen) atoms. The van der Waals surface area contributed by atoms with E-state index in [1.165, 1.54) is 10.4 Å². The van der Waals surface area contributed by atoms with E-state index in [0.29, 0.717) is 26.3 Å². The fourth-order valence-corrected chi connectivity index (χ4v) is 5.72. The predicted molar refractivity (Wildman–Crippen MR) is 139 cm³/mol. The van der Waals surface area contributed by atoms with Crippen molar-refractivity contribution in [3.8, 4) is 0 Å². The van der Waals surface area contributed by atoms with Crippen molar-refractivity contribution in [1.29, 1.82) is 0 Å². The van der Waals surface area contributed by atoms with Crippen LogP contribution in [0.5, 0.6) is 0 Å². The molecular weight excluding hydrogens is 444 g/mol. The quantitative estimate of drug-likeness (QED) is 0.343. The van der Waals surface area contributed by atoms with Crippen molar-refractivity contribution in [3.05, 3.63) is 57.8 Å². The van der Waals surface area contributed by atoms with Gasteiger partial charge >= 0.3 is 0 Å². The second kappa shape index (κ2) is 13.6. The Hall–Kier alpha value is -2.18. The number of fused-ring (bicyclic) bond motifs is 1. The Morgan fingerprint density at radius 3 is 2.65 bits per heavy atom. The molecule has 6 heteroatoms. The molecule has 0 radical (unpaired) electrons. The maximum absolute atomic E-state index is 13.7. The Morgan fingerprint density at radius 2 is 1.94 bits per heavy atom. The van der Waals surface area contributed by atoms with Gasteiger partial charge in [-0.05, 0) is 55.2 Å². The summed E-state index contributed by atoms with van der Waals surface area (Å²) in [6.45, 7) is 8.84. The number of unbranched alkanes of at least 4 members (excludes halogenated alkanes) is 1. The lowest BCUT2D eigenvalue weighted by molar-refractivity contribution is -0.144. The zero-order valence-corrected chi connectivity index (χ0v) is 21.8. The van der Waals surface area contributed by atoms with E-state index in [1.807, 2.05) is 30.0 Å². The van der Waals surface area contributed by atoms with E-state index in [0.717, 1.165) is 44.1 Å². The van der Waals surface area contributed by atoms with Gasteiger partial charge in [0.1, 0.15) is 0 Å². The van der Waals surface area contributed by atoms with Gasteiger partial charge in [0, 0.05) is 37.1 Å². The summed E-state index contributed by atoms with van der Waals surface area (Å²) in [6.07, 6.45) is 5.42. The number of ether oxygens (including phenoxy) is 1. The van der Waals surface area contributed by atoms with Crippen LogP contribution in [0.25, 0.3) is 0 Å². The number of benzene rings is 1. The molecule has 2 heterocycles. The monoisotopic (exact) mass is 484 g/mol. The highest BCUT2D eigenvalue weighted by atomic mass is 32.1. The molecule has 0 aliphatic carbocycles. The first-order valence-electron chi connectivity index (χ1n) is 12.9. The fraction of sp³-hybridized carbons (Fsp3) is 0.571. The van der Waals surface area contributed by atoms with Crippen molar-refractivity contribution in [1.82, 2.24) is 9.80 Å². The smallest absolute Gasteiger partial charge is 0.242 e. The Kier molecular flexibility index (Phi) is 10.6. The Labute approximate surface area is 209 Å². The first-order valence-corrected chi connectivity index (χ1v) is 13.8. The van der Waals surface area contributed by atoms with E-state index in [9.17, 15) is 9.59 Å². The average Bonchev–Trinajstić information content (AvgIpc) is 3.35. The van der Waals surface area contributed by atoms with Crippen LogP contribution in [-0.4, -0.2) is 54.5 Å². The molecule has 0 fully saturated rings. The number of hydrogen-bond donors (Lipinski definition) is 0. The molecule has 0 spiro atoms. The van der Waals surface area contributed by atoms with Crippen LogP contribution in [0.4, 0.5) is 0 Å². The highest BCUT2D eigenvalue weighted by molar-refractivity contribution is 7.10. The molecule has 2 aromatic rings. The Balaban J connectivity index is 1.80. The van der Waals surface area contributed by atoms with Gasteiger partial charge in [0.15, 0.2) is 0 Å². The summed E-state index contributed by atoms with van der Waals surface area (Å²) >= 11 is 1.77. The fourth-order valence-electron chi connectivity index (χ4n) is 4.81. The third-order valence-corrected chi connectivity index (χ3v) is 7.70. The van der Waals surface area contributed by atoms with E-state index >= 15 is 0 Å². The van der Waals surface area contributed by atoms with E-state index in [-0.39, 0.29) is 30.3 Å². The summed E-state index contributed by atoms with van der Waals surface area (Å²) in [5.74, 6) is 0.126. The van der Waals surface area contributed by atoms with Gasteiger partial charge in [-0.1, -0.05) is 57.0 Å². The lowest BCUT2D eigenvalue weighted by atomic mass is 9.93. The third-order valence-electron chi connectivity index (χ3n) is 6.71. The highest BCUT2D eigenvalue weighted by Crippen LogP contribution is 2.37. The van der Waals surface area contributed by atoms with Gasteiger partial charge in [-0.15, -0.1) is 11.3 Å². The van der Waals surface area contributed by atoms with E-state index in [1.54, 1.807) is 16.2 Å². The van der Waals surface area contributed by atoms with E-state index in [4.69, 9.17) is 4.74 Å². The van der Waals surface area contributed by atoms with Gasteiger partial charge in [-0.25, -0.2) is 0 Å². The van der Waals surface area contributed by atoms with Crippen LogP contribution < -0.4 is 0 Å². The Morgan fingerprint density at radius 1 is 1.15 bits per heavy atom. The summed E-state index contributed by atoms with van der Waals surface area (Å²) in [5, 5.41) is 2.12. The topological polar surface area (TPSA) is 49.9 Å². The summed E-state index contributed by atoms with van der Waals surface area (Å²) in [4.78, 5) is 32.4. The summed E-state index contributed by atoms with van der Waals surface area (Å²) in [7, 11) is 0. The second-order valence-electron chi connectivity index (χ2n) is 9.01. The second-order valence-corrected chi connectivity index (χ2v) is 10.0. The first-order chi connectivity index (χ1) is 16.6. The zero-order valence-electron chi connectivity index (χ0n) is 21.0. The van der Waals surface area contributed by atoms with Crippen LogP contribution in [-0.2, 0) is 20.7 Å². The molecule has 0 bridgehead atoms. The van der Waals surface area contributed by atoms with Gasteiger partial charge in [-0.2, -0.15) is 0 Å². The number of nitrogens with zero attached hydrogens (tertiary/aromatic N) is 2. The largest absolute Gasteiger partial charge is 0.382 e. The maximum atomic E-state index is 13.7. The van der Waals surface area contributed by atoms with Gasteiger partial charge < -0.3 is 14.5 Å². The maximum Gasteiger partial charge on any atom is 0.242 e. The molecule has 5 nitrogen and oxygen atoms in total. The normalized spacial score (nSPS) is 16.2. The molecular formula is C28H40N2O3S. The minimum absolute atomic E-state index is 0.0189. The molecule has 0 unspecified atom stereocenters. The average molecular weight is 485 g/mol. The molecule has 1 aromatic heterocycles. The lowest BCUT2D eigenvalue weighted by Crippen LogP contribution is -2.48. The molecule has 1 aliphatic heterocycles. The lowest BCUT2D eigenvalue weighted by Gasteiger charge is -2.38.